The van der Waals surface area contributed by atoms with Crippen molar-refractivity contribution in [3.63, 3.8) is 0 Å². The average Bonchev–Trinajstić information content (AvgIpc) is 3.84. The van der Waals surface area contributed by atoms with Gasteiger partial charge in [0, 0.05) is 32.3 Å². The van der Waals surface area contributed by atoms with Gasteiger partial charge in [0.25, 0.3) is 0 Å². The Morgan fingerprint density at radius 2 is 1.11 bits per heavy atom. The number of benzene rings is 7. The van der Waals surface area contributed by atoms with Crippen LogP contribution in [0.2, 0.25) is 0 Å². The topological polar surface area (TPSA) is 4.93 Å². The summed E-state index contributed by atoms with van der Waals surface area (Å²) in [4.78, 5) is 0. The Balaban J connectivity index is 0.000000161. The molecule has 0 radical (unpaired) electrons. The van der Waals surface area contributed by atoms with Crippen LogP contribution in [0, 0.1) is 24.7 Å². The maximum absolute atomic E-state index is 7.33. The summed E-state index contributed by atoms with van der Waals surface area (Å²) in [5.74, 6) is 5.01. The van der Waals surface area contributed by atoms with E-state index in [1.165, 1.54) is 67.9 Å². The molecule has 7 aromatic carbocycles. The number of hydrogen-bond donors (Lipinski definition) is 0. The van der Waals surface area contributed by atoms with E-state index in [9.17, 15) is 0 Å². The molecule has 2 aliphatic rings. The standard InChI is InChI=1S/C26H26P2.C15H10N.C15H9.2Au/c1-5-13-23(14-6-1)27(24-15-7-2-8-16-24)21-22-28(25-17-9-3-10-18-25)26-19-11-4-12-20-26;1-3-11-7-6-9-13-12-8-4-5-10-14(12)16(2)15(11)13;1-2-11-7-5-9-14-13-8-4-3-6-12(13)10-15(11)14;;/h1-19,26H,20-22H2;4-10H,2H3;3-9H,10H2;;/q;2*-1;2*+1/p+2. The van der Waals surface area contributed by atoms with Gasteiger partial charge >= 0.3 is 44.8 Å². The number of rotatable bonds is 7. The largest absolute Gasteiger partial charge is 1.00 e. The zero-order chi connectivity index (χ0) is 40.4. The second kappa shape index (κ2) is 22.4. The van der Waals surface area contributed by atoms with Crippen LogP contribution in [0.1, 0.15) is 28.7 Å². The van der Waals surface area contributed by atoms with E-state index in [-0.39, 0.29) is 44.8 Å². The van der Waals surface area contributed by atoms with Gasteiger partial charge in [0.05, 0.1) is 35.7 Å². The molecular formula is C56H47Au2NP2+2. The van der Waals surface area contributed by atoms with Crippen molar-refractivity contribution in [1.29, 1.82) is 0 Å². The summed E-state index contributed by atoms with van der Waals surface area (Å²) in [6, 6.07) is 62.5. The fourth-order valence-corrected chi connectivity index (χ4v) is 15.3. The molecule has 61 heavy (non-hydrogen) atoms. The van der Waals surface area contributed by atoms with Crippen molar-refractivity contribution in [3.8, 4) is 23.0 Å². The molecule has 0 aliphatic heterocycles. The number of aryl methyl sites for hydroxylation is 1. The van der Waals surface area contributed by atoms with E-state index in [1.54, 1.807) is 5.30 Å². The normalized spacial score (nSPS) is 13.5. The van der Waals surface area contributed by atoms with Crippen molar-refractivity contribution in [2.24, 2.45) is 7.05 Å². The average molecular weight is 1190 g/mol. The van der Waals surface area contributed by atoms with Crippen molar-refractivity contribution in [2.75, 3.05) is 12.3 Å². The molecule has 0 saturated carbocycles. The van der Waals surface area contributed by atoms with E-state index in [4.69, 9.17) is 12.8 Å². The van der Waals surface area contributed by atoms with Crippen LogP contribution in [0.25, 0.3) is 32.9 Å². The van der Waals surface area contributed by atoms with Crippen LogP contribution in [-0.2, 0) is 58.2 Å². The fourth-order valence-electron chi connectivity index (χ4n) is 8.64. The van der Waals surface area contributed by atoms with Crippen molar-refractivity contribution >= 4 is 53.6 Å². The van der Waals surface area contributed by atoms with Gasteiger partial charge in [-0.2, -0.15) is 0 Å². The summed E-state index contributed by atoms with van der Waals surface area (Å²) in [7, 11) is 0.633. The summed E-state index contributed by atoms with van der Waals surface area (Å²) >= 11 is 0. The fraction of sp³-hybridized carbons (Fsp3) is 0.107. The zero-order valence-corrected chi connectivity index (χ0v) is 40.3. The third kappa shape index (κ3) is 10.5. The molecule has 0 amide bonds. The maximum Gasteiger partial charge on any atom is 1.00 e. The summed E-state index contributed by atoms with van der Waals surface area (Å²) < 4.78 is 2.13. The molecule has 8 aromatic rings. The molecule has 2 aliphatic carbocycles. The number of nitrogens with zero attached hydrogens (tertiary/aromatic N) is 1. The van der Waals surface area contributed by atoms with Gasteiger partial charge in [-0.05, 0) is 82.6 Å². The van der Waals surface area contributed by atoms with E-state index >= 15 is 0 Å². The molecule has 0 N–H and O–H groups in total. The molecule has 0 fully saturated rings. The van der Waals surface area contributed by atoms with Crippen molar-refractivity contribution < 1.29 is 44.8 Å². The Morgan fingerprint density at radius 3 is 1.77 bits per heavy atom. The minimum Gasteiger partial charge on any atom is -0.366 e. The number of allylic oxidation sites excluding steroid dienone is 4. The van der Waals surface area contributed by atoms with Crippen molar-refractivity contribution in [3.05, 3.63) is 235 Å². The summed E-state index contributed by atoms with van der Waals surface area (Å²) in [6.07, 6.45) is 28.6. The van der Waals surface area contributed by atoms with Crippen LogP contribution in [0.5, 0.6) is 0 Å². The first-order chi connectivity index (χ1) is 29.1. The first kappa shape index (κ1) is 45.8. The number of hydrogen-bond acceptors (Lipinski definition) is 0. The minimum absolute atomic E-state index is 0. The molecule has 0 spiro atoms. The van der Waals surface area contributed by atoms with Crippen LogP contribution in [0.15, 0.2) is 200 Å². The van der Waals surface area contributed by atoms with E-state index in [0.29, 0.717) is 5.66 Å². The first-order valence-corrected chi connectivity index (χ1v) is 23.9. The molecular weight excluding hydrogens is 1140 g/mol. The summed E-state index contributed by atoms with van der Waals surface area (Å²) in [5, 5.41) is 7.08. The molecule has 2 atom stereocenters. The van der Waals surface area contributed by atoms with E-state index in [2.05, 4.69) is 180 Å². The quantitative estimate of drug-likeness (QED) is 0.0649. The van der Waals surface area contributed by atoms with Crippen LogP contribution < -0.4 is 15.9 Å². The van der Waals surface area contributed by atoms with E-state index in [0.717, 1.165) is 23.1 Å². The Kier molecular flexibility index (Phi) is 16.8. The monoisotopic (exact) mass is 1190 g/mol. The number of fused-ring (bicyclic) bond motifs is 6. The van der Waals surface area contributed by atoms with Gasteiger partial charge < -0.3 is 17.4 Å². The van der Waals surface area contributed by atoms with E-state index < -0.39 is 15.8 Å². The number of para-hydroxylation sites is 2. The second-order valence-electron chi connectivity index (χ2n) is 15.0. The zero-order valence-electron chi connectivity index (χ0n) is 34.0. The van der Waals surface area contributed by atoms with Crippen LogP contribution in [-0.4, -0.2) is 22.5 Å². The predicted octanol–water partition coefficient (Wildman–Crippen LogP) is 11.7. The van der Waals surface area contributed by atoms with E-state index in [1.807, 2.05) is 43.4 Å². The Labute approximate surface area is 395 Å². The van der Waals surface area contributed by atoms with Crippen molar-refractivity contribution in [2.45, 2.75) is 18.5 Å². The van der Waals surface area contributed by atoms with Gasteiger partial charge in [-0.15, -0.1) is 28.8 Å². The number of aromatic nitrogens is 1. The van der Waals surface area contributed by atoms with Gasteiger partial charge in [-0.1, -0.05) is 140 Å². The van der Waals surface area contributed by atoms with Crippen LogP contribution >= 0.6 is 15.8 Å². The van der Waals surface area contributed by atoms with Crippen LogP contribution in [0.4, 0.5) is 0 Å². The smallest absolute Gasteiger partial charge is 0.366 e. The third-order valence-electron chi connectivity index (χ3n) is 11.5. The minimum atomic E-state index is -0.756. The molecule has 2 unspecified atom stereocenters. The van der Waals surface area contributed by atoms with Crippen LogP contribution in [0.3, 0.4) is 0 Å². The maximum atomic E-state index is 7.33. The first-order valence-electron chi connectivity index (χ1n) is 20.4. The molecule has 1 nitrogen and oxygen atoms in total. The SMILES string of the molecule is C1=CCC([PH+](CC[PH+](c2ccccc2)c2ccccc2)c2ccccc2)C=C1.[Au+].[Au+].[C-]#Cc1cccc2c1Cc1ccccc1-2.[C-]#Cc1cccc2c3ccccc3n(C)c12. The molecule has 10 rings (SSSR count). The molecule has 1 heterocycles. The van der Waals surface area contributed by atoms with Crippen molar-refractivity contribution in [1.82, 2.24) is 4.57 Å². The molecule has 1 aromatic heterocycles. The Bertz CT molecular complexity index is 2790. The second-order valence-corrected chi connectivity index (χ2v) is 20.4. The van der Waals surface area contributed by atoms with Gasteiger partial charge in [0.15, 0.2) is 0 Å². The summed E-state index contributed by atoms with van der Waals surface area (Å²) in [5.41, 5.74) is 9.92. The molecule has 0 bridgehead atoms. The molecule has 5 heteroatoms. The molecule has 0 saturated heterocycles. The van der Waals surface area contributed by atoms with Gasteiger partial charge in [0.2, 0.25) is 0 Å². The molecule has 306 valence electrons. The predicted molar refractivity (Wildman–Crippen MR) is 259 cm³/mol. The van der Waals surface area contributed by atoms with Gasteiger partial charge in [-0.25, -0.2) is 0 Å². The summed E-state index contributed by atoms with van der Waals surface area (Å²) in [6.45, 7) is 0. The Hall–Kier alpha value is -4.72. The van der Waals surface area contributed by atoms with Gasteiger partial charge in [-0.3, -0.25) is 11.8 Å². The Morgan fingerprint density at radius 1 is 0.557 bits per heavy atom. The third-order valence-corrected chi connectivity index (χ3v) is 18.0. The van der Waals surface area contributed by atoms with Gasteiger partial charge in [0.1, 0.15) is 6.16 Å².